The van der Waals surface area contributed by atoms with E-state index < -0.39 is 5.41 Å². The molecule has 1 atom stereocenters. The molecule has 1 fully saturated rings. The molecular weight excluding hydrogens is 134 g/mol. The van der Waals surface area contributed by atoms with Crippen LogP contribution in [0.2, 0.25) is 0 Å². The van der Waals surface area contributed by atoms with E-state index >= 15 is 0 Å². The quantitative estimate of drug-likeness (QED) is 0.247. The fourth-order valence-electron chi connectivity index (χ4n) is 0.675. The SMILES string of the molecule is CC1(CN=[N+]=[N-])COC1=O. The Labute approximate surface area is 57.6 Å². The van der Waals surface area contributed by atoms with Gasteiger partial charge in [0.25, 0.3) is 0 Å². The first-order chi connectivity index (χ1) is 4.69. The Bertz CT molecular complexity index is 209. The van der Waals surface area contributed by atoms with Gasteiger partial charge in [-0.1, -0.05) is 5.11 Å². The number of ether oxygens (including phenoxy) is 1. The van der Waals surface area contributed by atoms with Crippen molar-refractivity contribution >= 4 is 5.97 Å². The summed E-state index contributed by atoms with van der Waals surface area (Å²) in [6.07, 6.45) is 0. The molecule has 0 spiro atoms. The molecule has 0 aromatic heterocycles. The molecule has 5 nitrogen and oxygen atoms in total. The summed E-state index contributed by atoms with van der Waals surface area (Å²) in [6.45, 7) is 2.28. The summed E-state index contributed by atoms with van der Waals surface area (Å²) in [5.41, 5.74) is 7.39. The van der Waals surface area contributed by atoms with Crippen LogP contribution in [-0.4, -0.2) is 19.1 Å². The Morgan fingerprint density at radius 3 is 3.00 bits per heavy atom. The van der Waals surface area contributed by atoms with Crippen LogP contribution in [0, 0.1) is 5.41 Å². The summed E-state index contributed by atoms with van der Waals surface area (Å²) in [4.78, 5) is 13.2. The molecular formula is C5H7N3O2. The molecule has 5 heteroatoms. The first kappa shape index (κ1) is 6.89. The van der Waals surface area contributed by atoms with Crippen molar-refractivity contribution in [2.75, 3.05) is 13.2 Å². The van der Waals surface area contributed by atoms with Crippen LogP contribution in [0.4, 0.5) is 0 Å². The van der Waals surface area contributed by atoms with Crippen molar-refractivity contribution < 1.29 is 9.53 Å². The van der Waals surface area contributed by atoms with Gasteiger partial charge in [-0.25, -0.2) is 0 Å². The van der Waals surface area contributed by atoms with Gasteiger partial charge in [-0.3, -0.25) is 4.79 Å². The smallest absolute Gasteiger partial charge is 0.315 e. The van der Waals surface area contributed by atoms with Crippen molar-refractivity contribution in [2.45, 2.75) is 6.92 Å². The van der Waals surface area contributed by atoms with Gasteiger partial charge < -0.3 is 4.74 Å². The van der Waals surface area contributed by atoms with Gasteiger partial charge in [-0.05, 0) is 12.5 Å². The number of esters is 1. The zero-order valence-corrected chi connectivity index (χ0v) is 5.57. The van der Waals surface area contributed by atoms with Gasteiger partial charge in [0.05, 0.1) is 0 Å². The maximum absolute atomic E-state index is 10.7. The summed E-state index contributed by atoms with van der Waals surface area (Å²) < 4.78 is 4.52. The summed E-state index contributed by atoms with van der Waals surface area (Å²) in [5.74, 6) is -0.278. The van der Waals surface area contributed by atoms with Crippen LogP contribution in [0.3, 0.4) is 0 Å². The first-order valence-corrected chi connectivity index (χ1v) is 2.87. The molecule has 0 N–H and O–H groups in total. The van der Waals surface area contributed by atoms with Crippen LogP contribution >= 0.6 is 0 Å². The molecule has 0 radical (unpaired) electrons. The van der Waals surface area contributed by atoms with E-state index in [2.05, 4.69) is 14.8 Å². The number of carbonyl (C=O) groups is 1. The zero-order chi connectivity index (χ0) is 7.61. The lowest BCUT2D eigenvalue weighted by Gasteiger charge is -2.33. The first-order valence-electron chi connectivity index (χ1n) is 2.87. The maximum Gasteiger partial charge on any atom is 0.315 e. The molecule has 1 aliphatic heterocycles. The van der Waals surface area contributed by atoms with Gasteiger partial charge >= 0.3 is 5.97 Å². The largest absolute Gasteiger partial charge is 0.464 e. The average molecular weight is 141 g/mol. The van der Waals surface area contributed by atoms with Gasteiger partial charge in [0.2, 0.25) is 0 Å². The number of hydrogen-bond donors (Lipinski definition) is 0. The molecule has 1 aliphatic rings. The molecule has 1 rings (SSSR count). The number of rotatable bonds is 2. The average Bonchev–Trinajstić information content (AvgIpc) is 1.97. The van der Waals surface area contributed by atoms with Gasteiger partial charge in [0.15, 0.2) is 0 Å². The van der Waals surface area contributed by atoms with Crippen LogP contribution in [-0.2, 0) is 9.53 Å². The van der Waals surface area contributed by atoms with Crippen molar-refractivity contribution in [3.8, 4) is 0 Å². The van der Waals surface area contributed by atoms with E-state index in [1.54, 1.807) is 6.92 Å². The highest BCUT2D eigenvalue weighted by molar-refractivity contribution is 5.81. The minimum atomic E-state index is -0.549. The molecule has 0 bridgehead atoms. The van der Waals surface area contributed by atoms with E-state index in [1.807, 2.05) is 0 Å². The van der Waals surface area contributed by atoms with E-state index in [-0.39, 0.29) is 12.5 Å². The van der Waals surface area contributed by atoms with Crippen molar-refractivity contribution in [2.24, 2.45) is 10.5 Å². The van der Waals surface area contributed by atoms with E-state index in [1.165, 1.54) is 0 Å². The molecule has 0 aromatic rings. The van der Waals surface area contributed by atoms with E-state index in [0.717, 1.165) is 0 Å². The van der Waals surface area contributed by atoms with E-state index in [0.29, 0.717) is 6.61 Å². The van der Waals surface area contributed by atoms with Gasteiger partial charge in [-0.2, -0.15) is 0 Å². The predicted molar refractivity (Wildman–Crippen MR) is 33.1 cm³/mol. The number of azide groups is 1. The third-order valence-corrected chi connectivity index (χ3v) is 1.50. The van der Waals surface area contributed by atoms with Crippen molar-refractivity contribution in [1.82, 2.24) is 0 Å². The third kappa shape index (κ3) is 0.910. The molecule has 10 heavy (non-hydrogen) atoms. The lowest BCUT2D eigenvalue weighted by Crippen LogP contribution is -2.47. The lowest BCUT2D eigenvalue weighted by atomic mass is 9.88. The molecule has 0 aliphatic carbocycles. The van der Waals surface area contributed by atoms with Crippen LogP contribution in [0.1, 0.15) is 6.92 Å². The van der Waals surface area contributed by atoms with Crippen LogP contribution in [0.15, 0.2) is 5.11 Å². The fraction of sp³-hybridized carbons (Fsp3) is 0.800. The van der Waals surface area contributed by atoms with Crippen molar-refractivity contribution in [3.05, 3.63) is 10.4 Å². The Balaban J connectivity index is 2.53. The Morgan fingerprint density at radius 1 is 2.00 bits per heavy atom. The van der Waals surface area contributed by atoms with Crippen LogP contribution in [0.5, 0.6) is 0 Å². The molecule has 1 saturated heterocycles. The highest BCUT2D eigenvalue weighted by Crippen LogP contribution is 2.28. The lowest BCUT2D eigenvalue weighted by molar-refractivity contribution is -0.181. The van der Waals surface area contributed by atoms with Gasteiger partial charge in [0.1, 0.15) is 12.0 Å². The van der Waals surface area contributed by atoms with Crippen LogP contribution < -0.4 is 0 Å². The fourth-order valence-corrected chi connectivity index (χ4v) is 0.675. The minimum absolute atomic E-state index is 0.197. The Morgan fingerprint density at radius 2 is 2.70 bits per heavy atom. The molecule has 0 saturated carbocycles. The third-order valence-electron chi connectivity index (χ3n) is 1.50. The highest BCUT2D eigenvalue weighted by Gasteiger charge is 2.43. The van der Waals surface area contributed by atoms with Crippen molar-refractivity contribution in [1.29, 1.82) is 0 Å². The summed E-state index contributed by atoms with van der Waals surface area (Å²) in [7, 11) is 0. The Hall–Kier alpha value is -1.22. The molecule has 1 unspecified atom stereocenters. The van der Waals surface area contributed by atoms with Gasteiger partial charge in [-0.15, -0.1) is 0 Å². The molecule has 0 aromatic carbocycles. The molecule has 54 valence electrons. The molecule has 1 heterocycles. The van der Waals surface area contributed by atoms with Crippen molar-refractivity contribution in [3.63, 3.8) is 0 Å². The van der Waals surface area contributed by atoms with Gasteiger partial charge in [0, 0.05) is 11.5 Å². The topological polar surface area (TPSA) is 75.1 Å². The number of cyclic esters (lactones) is 1. The predicted octanol–water partition coefficient (Wildman–Crippen LogP) is 0.860. The molecule has 0 amide bonds. The monoisotopic (exact) mass is 141 g/mol. The second-order valence-electron chi connectivity index (χ2n) is 2.53. The maximum atomic E-state index is 10.7. The zero-order valence-electron chi connectivity index (χ0n) is 5.57. The standard InChI is InChI=1S/C5H7N3O2/c1-5(2-7-8-6)3-10-4(5)9/h2-3H2,1H3. The Kier molecular flexibility index (Phi) is 1.51. The highest BCUT2D eigenvalue weighted by atomic mass is 16.6. The number of nitrogens with zero attached hydrogens (tertiary/aromatic N) is 3. The van der Waals surface area contributed by atoms with Crippen LogP contribution in [0.25, 0.3) is 10.4 Å². The minimum Gasteiger partial charge on any atom is -0.464 e. The summed E-state index contributed by atoms with van der Waals surface area (Å²) in [5, 5.41) is 3.30. The second-order valence-corrected chi connectivity index (χ2v) is 2.53. The van der Waals surface area contributed by atoms with E-state index in [9.17, 15) is 4.79 Å². The summed E-state index contributed by atoms with van der Waals surface area (Å²) >= 11 is 0. The summed E-state index contributed by atoms with van der Waals surface area (Å²) in [6, 6.07) is 0. The second kappa shape index (κ2) is 2.19. The van der Waals surface area contributed by atoms with E-state index in [4.69, 9.17) is 5.53 Å². The number of carbonyl (C=O) groups excluding carboxylic acids is 1. The normalized spacial score (nSPS) is 29.9. The number of hydrogen-bond acceptors (Lipinski definition) is 3.